The van der Waals surface area contributed by atoms with Gasteiger partial charge in [-0.1, -0.05) is 146 Å². The van der Waals surface area contributed by atoms with Gasteiger partial charge < -0.3 is 4.70 Å². The molecule has 39 heavy (non-hydrogen) atoms. The summed E-state index contributed by atoms with van der Waals surface area (Å²) in [6.45, 7) is 0. The number of benzene rings is 5. The third-order valence-corrected chi connectivity index (χ3v) is 6.13. The standard InChI is InChI=1S/C32H26.F5HP.FH/c1-5-13-25(14-6-1)31(26-15-7-2-8-16-26)29-21-23-30(24-22-29)32(27-17-9-3-10-18-27)28-19-11-4-12-20-28;1-6(2,3,4)5;/h1-24,31-32H;6H;1H/q;-1;/p-1. The van der Waals surface area contributed by atoms with Gasteiger partial charge in [0.25, 0.3) is 0 Å². The van der Waals surface area contributed by atoms with Crippen LogP contribution in [0.1, 0.15) is 45.2 Å². The van der Waals surface area contributed by atoms with Gasteiger partial charge in [0.15, 0.2) is 0 Å². The molecule has 7 heteroatoms. The zero-order valence-electron chi connectivity index (χ0n) is 20.8. The van der Waals surface area contributed by atoms with Crippen molar-refractivity contribution in [2.24, 2.45) is 0 Å². The first-order valence-corrected chi connectivity index (χ1v) is 14.0. The van der Waals surface area contributed by atoms with Crippen LogP contribution in [-0.4, -0.2) is 0 Å². The molecule has 0 N–H and O–H groups in total. The van der Waals surface area contributed by atoms with Gasteiger partial charge in [0.1, 0.15) is 0 Å². The number of hydrogen-bond acceptors (Lipinski definition) is 0. The molecule has 0 aliphatic carbocycles. The van der Waals surface area contributed by atoms with Gasteiger partial charge in [0.2, 0.25) is 0 Å². The first-order valence-electron chi connectivity index (χ1n) is 12.1. The van der Waals surface area contributed by atoms with Gasteiger partial charge in [0.05, 0.1) is 0 Å². The summed E-state index contributed by atoms with van der Waals surface area (Å²) in [4.78, 5) is 0. The number of hydrogen-bond donors (Lipinski definition) is 0. The molecule has 0 bridgehead atoms. The topological polar surface area (TPSA) is 0 Å². The molecule has 0 fully saturated rings. The Morgan fingerprint density at radius 1 is 0.308 bits per heavy atom. The van der Waals surface area contributed by atoms with Gasteiger partial charge in [0, 0.05) is 11.8 Å². The number of rotatable bonds is 6. The molecule has 204 valence electrons. The first kappa shape index (κ1) is 29.7. The molecule has 0 amide bonds. The molecular weight excluding hydrogens is 529 g/mol. The third-order valence-electron chi connectivity index (χ3n) is 6.13. The van der Waals surface area contributed by atoms with E-state index in [4.69, 9.17) is 0 Å². The van der Waals surface area contributed by atoms with Crippen molar-refractivity contribution in [3.05, 3.63) is 179 Å². The largest absolute Gasteiger partial charge is 1.00 e. The normalized spacial score (nSPS) is 12.0. The van der Waals surface area contributed by atoms with Gasteiger partial charge in [-0.05, 0) is 33.4 Å². The molecule has 0 radical (unpaired) electrons. The van der Waals surface area contributed by atoms with E-state index in [0.29, 0.717) is 0 Å². The Morgan fingerprint density at radius 2 is 0.462 bits per heavy atom. The van der Waals surface area contributed by atoms with E-state index in [1.807, 2.05) is 0 Å². The predicted octanol–water partition coefficient (Wildman–Crippen LogP) is 7.75. The van der Waals surface area contributed by atoms with E-state index in [1.165, 1.54) is 33.4 Å². The third kappa shape index (κ3) is 9.12. The number of halogens is 6. The van der Waals surface area contributed by atoms with Gasteiger partial charge in [-0.15, -0.1) is 0 Å². The minimum atomic E-state index is -8.75. The maximum atomic E-state index is 9.86. The smallest absolute Gasteiger partial charge is 0.0339 e. The quantitative estimate of drug-likeness (QED) is 0.114. The molecule has 5 aromatic carbocycles. The van der Waals surface area contributed by atoms with Crippen LogP contribution < -0.4 is 4.70 Å². The SMILES string of the molecule is F[PH-](F)(F)(F)F.[F-].c1ccc(C(c2ccccc2)c2ccc(C(c3ccccc3)c3ccccc3)cc2)cc1. The Morgan fingerprint density at radius 3 is 0.641 bits per heavy atom. The van der Waals surface area contributed by atoms with Crippen LogP contribution in [0.25, 0.3) is 0 Å². The van der Waals surface area contributed by atoms with Crippen LogP contribution in [0.15, 0.2) is 146 Å². The molecule has 0 aromatic heterocycles. The Bertz CT molecular complexity index is 1210. The summed E-state index contributed by atoms with van der Waals surface area (Å²) in [5, 5.41) is 0. The summed E-state index contributed by atoms with van der Waals surface area (Å²) in [5.41, 5.74) is 7.88. The Balaban J connectivity index is 0.000000543. The molecule has 0 saturated carbocycles. The molecule has 0 spiro atoms. The molecule has 0 aliphatic heterocycles. The zero-order chi connectivity index (χ0) is 27.0. The van der Waals surface area contributed by atoms with E-state index in [-0.39, 0.29) is 16.5 Å². The fraction of sp³-hybridized carbons (Fsp3) is 0.0625. The molecule has 5 rings (SSSR count). The minimum Gasteiger partial charge on any atom is -1.00 e. The molecule has 0 saturated heterocycles. The average Bonchev–Trinajstić information content (AvgIpc) is 2.91. The maximum Gasteiger partial charge on any atom is 0.0339 e. The molecule has 5 aromatic rings. The van der Waals surface area contributed by atoms with E-state index in [1.54, 1.807) is 0 Å². The first-order chi connectivity index (χ1) is 18.1. The molecule has 0 heterocycles. The van der Waals surface area contributed by atoms with Crippen molar-refractivity contribution in [2.45, 2.75) is 11.8 Å². The Kier molecular flexibility index (Phi) is 9.71. The van der Waals surface area contributed by atoms with Gasteiger partial charge >= 0.3 is 29.1 Å². The summed E-state index contributed by atoms with van der Waals surface area (Å²) in [5.74, 6) is 0.441. The van der Waals surface area contributed by atoms with Crippen LogP contribution in [0.2, 0.25) is 0 Å². The zero-order valence-corrected chi connectivity index (χ0v) is 21.8. The van der Waals surface area contributed by atoms with Crippen molar-refractivity contribution in [1.29, 1.82) is 0 Å². The van der Waals surface area contributed by atoms with Crippen LogP contribution in [0.5, 0.6) is 0 Å². The summed E-state index contributed by atoms with van der Waals surface area (Å²) in [6.07, 6.45) is 0. The monoisotopic (exact) mass is 556 g/mol. The van der Waals surface area contributed by atoms with E-state index < -0.39 is 8.16 Å². The molecular formula is C32H27F6P-2. The van der Waals surface area contributed by atoms with Crippen molar-refractivity contribution < 1.29 is 25.7 Å². The van der Waals surface area contributed by atoms with Crippen molar-refractivity contribution in [3.8, 4) is 0 Å². The summed E-state index contributed by atoms with van der Waals surface area (Å²) in [6, 6.07) is 52.3. The molecule has 0 atom stereocenters. The second kappa shape index (κ2) is 12.8. The second-order valence-corrected chi connectivity index (χ2v) is 10.3. The fourth-order valence-electron chi connectivity index (χ4n) is 4.62. The minimum absolute atomic E-state index is 0. The Labute approximate surface area is 224 Å². The summed E-state index contributed by atoms with van der Waals surface area (Å²) < 4.78 is 49.3. The summed E-state index contributed by atoms with van der Waals surface area (Å²) in [7, 11) is -8.75. The van der Waals surface area contributed by atoms with E-state index in [0.717, 1.165) is 0 Å². The van der Waals surface area contributed by atoms with E-state index >= 15 is 0 Å². The second-order valence-electron chi connectivity index (χ2n) is 8.89. The van der Waals surface area contributed by atoms with Crippen LogP contribution in [0, 0.1) is 0 Å². The van der Waals surface area contributed by atoms with Crippen LogP contribution in [0.3, 0.4) is 0 Å². The predicted molar refractivity (Wildman–Crippen MR) is 148 cm³/mol. The van der Waals surface area contributed by atoms with Gasteiger partial charge in [-0.3, -0.25) is 0 Å². The van der Waals surface area contributed by atoms with Crippen molar-refractivity contribution in [3.63, 3.8) is 0 Å². The van der Waals surface area contributed by atoms with Crippen LogP contribution in [-0.2, 0) is 0 Å². The van der Waals surface area contributed by atoms with E-state index in [9.17, 15) is 21.0 Å². The maximum absolute atomic E-state index is 9.86. The van der Waals surface area contributed by atoms with Crippen LogP contribution in [0.4, 0.5) is 21.0 Å². The average molecular weight is 557 g/mol. The van der Waals surface area contributed by atoms with Crippen LogP contribution >= 0.6 is 8.16 Å². The fourth-order valence-corrected chi connectivity index (χ4v) is 4.62. The summed E-state index contributed by atoms with van der Waals surface area (Å²) >= 11 is 0. The molecule has 0 aliphatic rings. The molecule has 0 nitrogen and oxygen atoms in total. The Hall–Kier alpha value is -3.89. The van der Waals surface area contributed by atoms with Gasteiger partial charge in [-0.25, -0.2) is 0 Å². The van der Waals surface area contributed by atoms with E-state index in [2.05, 4.69) is 146 Å². The van der Waals surface area contributed by atoms with Gasteiger partial charge in [-0.2, -0.15) is 0 Å². The molecule has 0 unspecified atom stereocenters. The van der Waals surface area contributed by atoms with Crippen molar-refractivity contribution in [2.75, 3.05) is 0 Å². The van der Waals surface area contributed by atoms with Crippen molar-refractivity contribution in [1.82, 2.24) is 0 Å². The van der Waals surface area contributed by atoms with Crippen molar-refractivity contribution >= 4 is 8.16 Å².